The molecule has 4 aromatic rings. The maximum Gasteiger partial charge on any atom is 0.306 e. The number of carbonyl (C=O) groups is 1. The third-order valence-corrected chi connectivity index (χ3v) is 6.95. The number of nitrogens with zero attached hydrogens (tertiary/aromatic N) is 5. The molecule has 2 aromatic heterocycles. The van der Waals surface area contributed by atoms with Crippen LogP contribution in [0.2, 0.25) is 5.02 Å². The molecular formula is C28H26ClN5O4. The van der Waals surface area contributed by atoms with Gasteiger partial charge < -0.3 is 19.1 Å². The van der Waals surface area contributed by atoms with Crippen LogP contribution in [0.15, 0.2) is 48.8 Å². The topological polar surface area (TPSA) is 123 Å². The van der Waals surface area contributed by atoms with E-state index in [1.54, 1.807) is 31.2 Å². The summed E-state index contributed by atoms with van der Waals surface area (Å²) in [4.78, 5) is 24.8. The molecule has 1 aliphatic rings. The van der Waals surface area contributed by atoms with Gasteiger partial charge in [-0.2, -0.15) is 10.2 Å². The molecule has 9 nitrogen and oxygen atoms in total. The Morgan fingerprint density at radius 1 is 1.24 bits per heavy atom. The smallest absolute Gasteiger partial charge is 0.306 e. The highest BCUT2D eigenvalue weighted by atomic mass is 35.5. The third kappa shape index (κ3) is 5.41. The van der Waals surface area contributed by atoms with Gasteiger partial charge in [0.2, 0.25) is 5.88 Å². The van der Waals surface area contributed by atoms with Crippen LogP contribution >= 0.6 is 11.6 Å². The number of imidazole rings is 1. The molecule has 0 unspecified atom stereocenters. The number of nitriles is 1. The molecule has 38 heavy (non-hydrogen) atoms. The second kappa shape index (κ2) is 10.3. The highest BCUT2D eigenvalue weighted by Crippen LogP contribution is 2.41. The maximum atomic E-state index is 11.1. The van der Waals surface area contributed by atoms with Gasteiger partial charge in [0.1, 0.15) is 23.5 Å². The van der Waals surface area contributed by atoms with E-state index in [-0.39, 0.29) is 12.2 Å². The van der Waals surface area contributed by atoms with E-state index in [9.17, 15) is 4.79 Å². The van der Waals surface area contributed by atoms with Gasteiger partial charge in [0.25, 0.3) is 0 Å². The number of halogens is 1. The van der Waals surface area contributed by atoms with Crippen LogP contribution in [0.25, 0.3) is 22.6 Å². The number of ether oxygens (including phenoxy) is 2. The number of carboxylic acids is 1. The van der Waals surface area contributed by atoms with Gasteiger partial charge in [0.05, 0.1) is 35.7 Å². The average Bonchev–Trinajstić information content (AvgIpc) is 3.52. The molecule has 1 fully saturated rings. The van der Waals surface area contributed by atoms with Crippen LogP contribution in [0.4, 0.5) is 0 Å². The zero-order chi connectivity index (χ0) is 26.9. The lowest BCUT2D eigenvalue weighted by atomic mass is 10.1. The first kappa shape index (κ1) is 25.5. The molecule has 194 valence electrons. The van der Waals surface area contributed by atoms with Crippen molar-refractivity contribution in [2.75, 3.05) is 6.61 Å². The van der Waals surface area contributed by atoms with E-state index in [1.807, 2.05) is 29.7 Å². The summed E-state index contributed by atoms with van der Waals surface area (Å²) in [5.74, 6) is 0.203. The number of rotatable bonds is 10. The van der Waals surface area contributed by atoms with E-state index >= 15 is 0 Å². The minimum absolute atomic E-state index is 0.243. The number of aliphatic carboxylic acids is 1. The van der Waals surface area contributed by atoms with Crippen molar-refractivity contribution in [1.82, 2.24) is 19.5 Å². The van der Waals surface area contributed by atoms with Crippen LogP contribution in [0.3, 0.4) is 0 Å². The first-order valence-electron chi connectivity index (χ1n) is 12.3. The quantitative estimate of drug-likeness (QED) is 0.285. The maximum absolute atomic E-state index is 11.1. The fourth-order valence-electron chi connectivity index (χ4n) is 3.97. The minimum Gasteiger partial charge on any atom is -0.494 e. The lowest BCUT2D eigenvalue weighted by molar-refractivity contribution is -0.141. The molecule has 1 aliphatic carbocycles. The van der Waals surface area contributed by atoms with Crippen molar-refractivity contribution in [2.45, 2.75) is 45.3 Å². The van der Waals surface area contributed by atoms with Crippen LogP contribution in [0, 0.1) is 17.2 Å². The summed E-state index contributed by atoms with van der Waals surface area (Å²) >= 11 is 6.72. The molecule has 1 saturated carbocycles. The SMILES string of the molecule is C[C@H](CCOc1ccc(-c2nc3c(OC4(C)CC4)ncnc3n2Cc2ccc(C#N)cc2)c(Cl)c1)C(=O)O. The van der Waals surface area contributed by atoms with Crippen molar-refractivity contribution in [3.8, 4) is 29.1 Å². The molecule has 1 N–H and O–H groups in total. The first-order chi connectivity index (χ1) is 18.3. The Balaban J connectivity index is 1.51. The van der Waals surface area contributed by atoms with Crippen molar-refractivity contribution in [1.29, 1.82) is 5.26 Å². The number of benzene rings is 2. The van der Waals surface area contributed by atoms with Gasteiger partial charge in [0, 0.05) is 5.56 Å². The Kier molecular flexibility index (Phi) is 6.91. The lowest BCUT2D eigenvalue weighted by Gasteiger charge is -2.13. The summed E-state index contributed by atoms with van der Waals surface area (Å²) in [6.07, 6.45) is 3.77. The van der Waals surface area contributed by atoms with E-state index in [2.05, 4.69) is 16.0 Å². The van der Waals surface area contributed by atoms with Crippen LogP contribution in [0.1, 0.15) is 44.2 Å². The van der Waals surface area contributed by atoms with Crippen LogP contribution in [-0.2, 0) is 11.3 Å². The third-order valence-electron chi connectivity index (χ3n) is 6.64. The normalized spacial score (nSPS) is 14.6. The van der Waals surface area contributed by atoms with Crippen LogP contribution in [-0.4, -0.2) is 42.8 Å². The second-order valence-corrected chi connectivity index (χ2v) is 10.2. The van der Waals surface area contributed by atoms with E-state index in [1.165, 1.54) is 6.33 Å². The van der Waals surface area contributed by atoms with Gasteiger partial charge in [-0.05, 0) is 62.1 Å². The molecule has 0 spiro atoms. The minimum atomic E-state index is -0.856. The van der Waals surface area contributed by atoms with Gasteiger partial charge in [-0.25, -0.2) is 9.97 Å². The van der Waals surface area contributed by atoms with Gasteiger partial charge in [-0.1, -0.05) is 30.7 Å². The first-order valence-corrected chi connectivity index (χ1v) is 12.7. The van der Waals surface area contributed by atoms with Crippen molar-refractivity contribution < 1.29 is 19.4 Å². The van der Waals surface area contributed by atoms with Crippen molar-refractivity contribution in [3.63, 3.8) is 0 Å². The predicted octanol–water partition coefficient (Wildman–Crippen LogP) is 5.49. The van der Waals surface area contributed by atoms with Gasteiger partial charge >= 0.3 is 5.97 Å². The zero-order valence-corrected chi connectivity index (χ0v) is 21.8. The Morgan fingerprint density at radius 2 is 2.00 bits per heavy atom. The van der Waals surface area contributed by atoms with Crippen molar-refractivity contribution in [2.24, 2.45) is 5.92 Å². The van der Waals surface area contributed by atoms with Gasteiger partial charge in [-0.15, -0.1) is 0 Å². The molecule has 0 amide bonds. The number of aromatic nitrogens is 4. The zero-order valence-electron chi connectivity index (χ0n) is 21.0. The van der Waals surface area contributed by atoms with E-state index < -0.39 is 11.9 Å². The fraction of sp³-hybridized carbons (Fsp3) is 0.321. The fourth-order valence-corrected chi connectivity index (χ4v) is 4.22. The molecule has 0 bridgehead atoms. The van der Waals surface area contributed by atoms with E-state index in [0.717, 1.165) is 18.4 Å². The molecule has 1 atom stereocenters. The monoisotopic (exact) mass is 531 g/mol. The molecule has 2 aromatic carbocycles. The number of hydrogen-bond donors (Lipinski definition) is 1. The Hall–Kier alpha value is -4.16. The number of fused-ring (bicyclic) bond motifs is 1. The summed E-state index contributed by atoms with van der Waals surface area (Å²) in [6.45, 7) is 4.38. The molecule has 0 aliphatic heterocycles. The molecule has 0 saturated heterocycles. The predicted molar refractivity (Wildman–Crippen MR) is 141 cm³/mol. The summed E-state index contributed by atoms with van der Waals surface area (Å²) < 4.78 is 13.9. The number of hydrogen-bond acceptors (Lipinski definition) is 7. The van der Waals surface area contributed by atoms with Gasteiger partial charge in [0.15, 0.2) is 11.2 Å². The molecule has 5 rings (SSSR count). The highest BCUT2D eigenvalue weighted by molar-refractivity contribution is 6.33. The largest absolute Gasteiger partial charge is 0.494 e. The van der Waals surface area contributed by atoms with Gasteiger partial charge in [-0.3, -0.25) is 4.79 Å². The summed E-state index contributed by atoms with van der Waals surface area (Å²) in [6, 6.07) is 14.8. The molecular weight excluding hydrogens is 506 g/mol. The van der Waals surface area contributed by atoms with Crippen LogP contribution < -0.4 is 9.47 Å². The summed E-state index contributed by atoms with van der Waals surface area (Å²) in [5.41, 5.74) is 3.13. The molecule has 2 heterocycles. The number of carboxylic acid groups (broad SMARTS) is 1. The van der Waals surface area contributed by atoms with E-state index in [0.29, 0.717) is 57.7 Å². The highest BCUT2D eigenvalue weighted by Gasteiger charge is 2.41. The Bertz CT molecular complexity index is 1540. The van der Waals surface area contributed by atoms with Crippen molar-refractivity contribution in [3.05, 3.63) is 64.9 Å². The average molecular weight is 532 g/mol. The molecule has 10 heteroatoms. The summed E-state index contributed by atoms with van der Waals surface area (Å²) in [7, 11) is 0. The van der Waals surface area contributed by atoms with Crippen molar-refractivity contribution >= 4 is 28.7 Å². The second-order valence-electron chi connectivity index (χ2n) is 9.75. The van der Waals surface area contributed by atoms with Crippen LogP contribution in [0.5, 0.6) is 11.6 Å². The van der Waals surface area contributed by atoms with E-state index in [4.69, 9.17) is 36.4 Å². The standard InChI is InChI=1S/C28H26ClN5O4/c1-17(27(35)36)9-12-37-20-7-8-21(22(29)13-20)24-33-23-25(31-16-32-26(23)38-28(2)10-11-28)34(24)15-19-5-3-18(14-30)4-6-19/h3-8,13,16-17H,9-12,15H2,1-2H3,(H,35,36)/t17-/m1/s1. The lowest BCUT2D eigenvalue weighted by Crippen LogP contribution is -2.13. The summed E-state index contributed by atoms with van der Waals surface area (Å²) in [5, 5.41) is 18.7. The molecule has 0 radical (unpaired) electrons. The Labute approximate surface area is 224 Å². The Morgan fingerprint density at radius 3 is 2.66 bits per heavy atom.